The van der Waals surface area contributed by atoms with Crippen LogP contribution in [0.25, 0.3) is 20.8 Å². The Balaban J connectivity index is 1.92. The summed E-state index contributed by atoms with van der Waals surface area (Å²) in [4.78, 5) is 15.6. The van der Waals surface area contributed by atoms with E-state index in [0.29, 0.717) is 11.5 Å². The lowest BCUT2D eigenvalue weighted by Gasteiger charge is -2.19. The van der Waals surface area contributed by atoms with Crippen molar-refractivity contribution in [1.29, 1.82) is 0 Å². The Labute approximate surface area is 156 Å². The zero-order chi connectivity index (χ0) is 18.8. The van der Waals surface area contributed by atoms with Crippen molar-refractivity contribution in [2.75, 3.05) is 23.1 Å². The molecule has 1 atom stereocenters. The minimum atomic E-state index is -2.21. The van der Waals surface area contributed by atoms with Crippen molar-refractivity contribution < 1.29 is 13.6 Å². The molecule has 0 radical (unpaired) electrons. The minimum absolute atomic E-state index is 0.190. The zero-order valence-electron chi connectivity index (χ0n) is 14.1. The van der Waals surface area contributed by atoms with Gasteiger partial charge < -0.3 is 11.1 Å². The van der Waals surface area contributed by atoms with E-state index >= 15 is 0 Å². The molecule has 3 rings (SSSR count). The fraction of sp³-hybridized carbons (Fsp3) is 0.267. The first-order valence-electron chi connectivity index (χ1n) is 7.71. The van der Waals surface area contributed by atoms with Gasteiger partial charge in [-0.2, -0.15) is 5.10 Å². The van der Waals surface area contributed by atoms with Crippen LogP contribution < -0.4 is 15.4 Å². The molecule has 11 heteroatoms. The van der Waals surface area contributed by atoms with Gasteiger partial charge in [-0.25, -0.2) is 9.19 Å². The van der Waals surface area contributed by atoms with Crippen molar-refractivity contribution in [2.45, 2.75) is 13.8 Å². The number of carbonyl (C=O) groups is 1. The standard InChI is InChI=1S/C15H18N6O3S2/c1-8-13(14(16)20-19-8)15-18-11-4-3-10(7-12(11)25-15)21(26(23)24)6-5-17-9(2)22/h3-4,7H,5-6H2,1-2H3,(H,17,22)(H,23,24)(H3,16,19,20). The molecule has 0 bridgehead atoms. The molecule has 0 aliphatic carbocycles. The van der Waals surface area contributed by atoms with Crippen LogP contribution in [0.3, 0.4) is 0 Å². The number of nitrogens with one attached hydrogen (secondary N) is 2. The number of amides is 1. The number of carbonyl (C=O) groups excluding carboxylic acids is 1. The Morgan fingerprint density at radius 2 is 2.27 bits per heavy atom. The van der Waals surface area contributed by atoms with E-state index in [0.717, 1.165) is 26.5 Å². The Morgan fingerprint density at radius 1 is 1.50 bits per heavy atom. The number of H-pyrrole nitrogens is 1. The summed E-state index contributed by atoms with van der Waals surface area (Å²) in [7, 11) is 0. The van der Waals surface area contributed by atoms with Gasteiger partial charge in [0.1, 0.15) is 5.01 Å². The monoisotopic (exact) mass is 394 g/mol. The number of fused-ring (bicyclic) bond motifs is 1. The third-order valence-electron chi connectivity index (χ3n) is 3.73. The number of benzene rings is 1. The molecule has 0 aliphatic heterocycles. The van der Waals surface area contributed by atoms with E-state index in [4.69, 9.17) is 5.73 Å². The maximum Gasteiger partial charge on any atom is 0.261 e. The van der Waals surface area contributed by atoms with E-state index in [1.165, 1.54) is 22.6 Å². The predicted molar refractivity (Wildman–Crippen MR) is 103 cm³/mol. The summed E-state index contributed by atoms with van der Waals surface area (Å²) in [6.45, 7) is 3.73. The average Bonchev–Trinajstić information content (AvgIpc) is 3.12. The van der Waals surface area contributed by atoms with Gasteiger partial charge in [0.25, 0.3) is 11.3 Å². The van der Waals surface area contributed by atoms with Gasteiger partial charge in [-0.15, -0.1) is 11.3 Å². The summed E-state index contributed by atoms with van der Waals surface area (Å²) in [5.41, 5.74) is 8.82. The quantitative estimate of drug-likeness (QED) is 0.469. The van der Waals surface area contributed by atoms with Gasteiger partial charge in [0, 0.05) is 19.2 Å². The maximum atomic E-state index is 11.7. The van der Waals surface area contributed by atoms with Crippen molar-refractivity contribution in [3.05, 3.63) is 23.9 Å². The van der Waals surface area contributed by atoms with Gasteiger partial charge in [0.2, 0.25) is 5.91 Å². The van der Waals surface area contributed by atoms with E-state index in [2.05, 4.69) is 20.5 Å². The van der Waals surface area contributed by atoms with Crippen LogP contribution in [-0.2, 0) is 16.1 Å². The van der Waals surface area contributed by atoms with E-state index < -0.39 is 11.3 Å². The van der Waals surface area contributed by atoms with Gasteiger partial charge in [0.05, 0.1) is 28.0 Å². The second-order valence-corrected chi connectivity index (χ2v) is 7.53. The van der Waals surface area contributed by atoms with Crippen molar-refractivity contribution in [2.24, 2.45) is 0 Å². The molecule has 0 spiro atoms. The van der Waals surface area contributed by atoms with E-state index in [1.54, 1.807) is 18.2 Å². The Bertz CT molecular complexity index is 964. The molecule has 3 aromatic rings. The van der Waals surface area contributed by atoms with Gasteiger partial charge in [-0.3, -0.25) is 18.8 Å². The zero-order valence-corrected chi connectivity index (χ0v) is 15.8. The Morgan fingerprint density at radius 3 is 2.88 bits per heavy atom. The number of nitrogen functional groups attached to an aromatic ring is 1. The first-order valence-corrected chi connectivity index (χ1v) is 9.59. The van der Waals surface area contributed by atoms with Crippen molar-refractivity contribution in [3.8, 4) is 10.6 Å². The van der Waals surface area contributed by atoms with Gasteiger partial charge in [0.15, 0.2) is 5.82 Å². The molecule has 5 N–H and O–H groups in total. The first-order chi connectivity index (χ1) is 12.4. The normalized spacial score (nSPS) is 12.3. The third-order valence-corrected chi connectivity index (χ3v) is 5.53. The molecule has 1 aromatic carbocycles. The number of aryl methyl sites for hydroxylation is 1. The third kappa shape index (κ3) is 3.69. The molecule has 138 valence electrons. The number of aromatic amines is 1. The van der Waals surface area contributed by atoms with Crippen LogP contribution >= 0.6 is 11.3 Å². The highest BCUT2D eigenvalue weighted by molar-refractivity contribution is 7.80. The highest BCUT2D eigenvalue weighted by Gasteiger charge is 2.17. The SMILES string of the molecule is CC(=O)NCCN(c1ccc2nc(-c3c(N)n[nH]c3C)sc2c1)S(=O)O. The number of nitrogens with zero attached hydrogens (tertiary/aromatic N) is 3. The van der Waals surface area contributed by atoms with Crippen LogP contribution in [0.2, 0.25) is 0 Å². The summed E-state index contributed by atoms with van der Waals surface area (Å²) >= 11 is -0.784. The fourth-order valence-electron chi connectivity index (χ4n) is 2.52. The molecule has 0 saturated carbocycles. The van der Waals surface area contributed by atoms with Crippen LogP contribution in [0.15, 0.2) is 18.2 Å². The van der Waals surface area contributed by atoms with Gasteiger partial charge in [-0.1, -0.05) is 0 Å². The molecular formula is C15H18N6O3S2. The lowest BCUT2D eigenvalue weighted by atomic mass is 10.2. The molecule has 26 heavy (non-hydrogen) atoms. The lowest BCUT2D eigenvalue weighted by Crippen LogP contribution is -2.35. The number of aromatic nitrogens is 3. The number of hydrogen-bond donors (Lipinski definition) is 4. The molecule has 9 nitrogen and oxygen atoms in total. The summed E-state index contributed by atoms with van der Waals surface area (Å²) in [5.74, 6) is 0.194. The second-order valence-electron chi connectivity index (χ2n) is 5.60. The van der Waals surface area contributed by atoms with Crippen molar-refractivity contribution >= 4 is 50.2 Å². The largest absolute Gasteiger partial charge is 0.382 e. The van der Waals surface area contributed by atoms with Crippen LogP contribution in [0.5, 0.6) is 0 Å². The number of thiazole rings is 1. The molecule has 2 aromatic heterocycles. The lowest BCUT2D eigenvalue weighted by molar-refractivity contribution is -0.118. The summed E-state index contributed by atoms with van der Waals surface area (Å²) in [6.07, 6.45) is 0. The van der Waals surface area contributed by atoms with Crippen LogP contribution in [-0.4, -0.2) is 42.9 Å². The smallest absolute Gasteiger partial charge is 0.261 e. The van der Waals surface area contributed by atoms with Gasteiger partial charge in [-0.05, 0) is 25.1 Å². The molecule has 0 saturated heterocycles. The van der Waals surface area contributed by atoms with Crippen LogP contribution in [0, 0.1) is 6.92 Å². The molecule has 0 aliphatic rings. The first kappa shape index (κ1) is 18.3. The summed E-state index contributed by atoms with van der Waals surface area (Å²) in [6, 6.07) is 5.30. The highest BCUT2D eigenvalue weighted by atomic mass is 32.2. The second kappa shape index (κ2) is 7.40. The van der Waals surface area contributed by atoms with Crippen LogP contribution in [0.4, 0.5) is 11.5 Å². The number of rotatable bonds is 6. The van der Waals surface area contributed by atoms with E-state index in [-0.39, 0.29) is 19.0 Å². The number of nitrogens with two attached hydrogens (primary N) is 1. The van der Waals surface area contributed by atoms with Gasteiger partial charge >= 0.3 is 0 Å². The molecule has 2 heterocycles. The van der Waals surface area contributed by atoms with Crippen LogP contribution in [0.1, 0.15) is 12.6 Å². The topological polar surface area (TPSA) is 137 Å². The number of hydrogen-bond acceptors (Lipinski definition) is 6. The van der Waals surface area contributed by atoms with E-state index in [1.807, 2.05) is 6.92 Å². The molecular weight excluding hydrogens is 376 g/mol. The molecule has 0 fully saturated rings. The molecule has 1 amide bonds. The summed E-state index contributed by atoms with van der Waals surface area (Å²) < 4.78 is 23.4. The minimum Gasteiger partial charge on any atom is -0.382 e. The summed E-state index contributed by atoms with van der Waals surface area (Å²) in [5, 5.41) is 10.2. The molecule has 1 unspecified atom stereocenters. The van der Waals surface area contributed by atoms with Crippen molar-refractivity contribution in [1.82, 2.24) is 20.5 Å². The average molecular weight is 394 g/mol. The predicted octanol–water partition coefficient (Wildman–Crippen LogP) is 1.66. The van der Waals surface area contributed by atoms with Crippen molar-refractivity contribution in [3.63, 3.8) is 0 Å². The van der Waals surface area contributed by atoms with E-state index in [9.17, 15) is 13.6 Å². The highest BCUT2D eigenvalue weighted by Crippen LogP contribution is 2.36. The Kier molecular flexibility index (Phi) is 5.20. The fourth-order valence-corrected chi connectivity index (χ4v) is 4.18. The number of anilines is 2. The Hall–Kier alpha value is -2.50. The maximum absolute atomic E-state index is 11.7.